The van der Waals surface area contributed by atoms with Crippen molar-refractivity contribution in [2.45, 2.75) is 19.4 Å². The maximum absolute atomic E-state index is 11.3. The zero-order valence-corrected chi connectivity index (χ0v) is 12.4. The summed E-state index contributed by atoms with van der Waals surface area (Å²) in [7, 11) is 3.53. The van der Waals surface area contributed by atoms with Crippen LogP contribution in [0.5, 0.6) is 0 Å². The molecule has 0 N–H and O–H groups in total. The van der Waals surface area contributed by atoms with E-state index in [-0.39, 0.29) is 5.97 Å². The van der Waals surface area contributed by atoms with Crippen LogP contribution in [0.15, 0.2) is 30.5 Å². The van der Waals surface area contributed by atoms with E-state index in [2.05, 4.69) is 21.8 Å². The van der Waals surface area contributed by atoms with Crippen LogP contribution in [-0.4, -0.2) is 41.4 Å². The van der Waals surface area contributed by atoms with Gasteiger partial charge in [0.25, 0.3) is 0 Å². The predicted octanol–water partition coefficient (Wildman–Crippen LogP) is 1.58. The van der Waals surface area contributed by atoms with Crippen LogP contribution in [0.4, 0.5) is 0 Å². The average Bonchev–Trinajstić information content (AvgIpc) is 2.90. The Balaban J connectivity index is 1.83. The van der Waals surface area contributed by atoms with Crippen LogP contribution in [0.25, 0.3) is 5.69 Å². The van der Waals surface area contributed by atoms with E-state index in [4.69, 9.17) is 0 Å². The van der Waals surface area contributed by atoms with Gasteiger partial charge in [0.1, 0.15) is 0 Å². The quantitative estimate of drug-likeness (QED) is 0.803. The lowest BCUT2D eigenvalue weighted by Crippen LogP contribution is -2.27. The number of benzene rings is 1. The molecule has 2 aromatic rings. The Kier molecular flexibility index (Phi) is 3.75. The fourth-order valence-corrected chi connectivity index (χ4v) is 2.69. The highest BCUT2D eigenvalue weighted by Crippen LogP contribution is 2.21. The number of aromatic nitrogens is 2. The second kappa shape index (κ2) is 5.69. The Morgan fingerprint density at radius 2 is 2.10 bits per heavy atom. The van der Waals surface area contributed by atoms with Gasteiger partial charge >= 0.3 is 5.97 Å². The molecule has 0 spiro atoms. The van der Waals surface area contributed by atoms with E-state index in [1.165, 1.54) is 18.4 Å². The summed E-state index contributed by atoms with van der Waals surface area (Å²) < 4.78 is 6.68. The van der Waals surface area contributed by atoms with Crippen molar-refractivity contribution >= 4 is 5.97 Å². The summed E-state index contributed by atoms with van der Waals surface area (Å²) in [5.74, 6) is -0.220. The number of fused-ring (bicyclic) bond motifs is 1. The van der Waals surface area contributed by atoms with E-state index in [1.807, 2.05) is 35.1 Å². The minimum Gasteiger partial charge on any atom is -0.469 e. The highest BCUT2D eigenvalue weighted by Gasteiger charge is 2.18. The molecule has 0 unspecified atom stereocenters. The molecular formula is C16H19N3O2. The number of ether oxygens (including phenoxy) is 1. The molecule has 110 valence electrons. The van der Waals surface area contributed by atoms with Gasteiger partial charge in [0.2, 0.25) is 0 Å². The number of methoxy groups -OCH3 is 1. The normalized spacial score (nSPS) is 14.8. The smallest absolute Gasteiger partial charge is 0.309 e. The fraction of sp³-hybridized carbons (Fsp3) is 0.375. The molecule has 1 aliphatic rings. The largest absolute Gasteiger partial charge is 0.469 e. The summed E-state index contributed by atoms with van der Waals surface area (Å²) in [4.78, 5) is 13.6. The van der Waals surface area contributed by atoms with Crippen LogP contribution in [-0.2, 0) is 28.9 Å². The molecule has 0 bridgehead atoms. The number of carbonyl (C=O) groups is 1. The van der Waals surface area contributed by atoms with Crippen LogP contribution in [0.1, 0.15) is 16.8 Å². The van der Waals surface area contributed by atoms with Gasteiger partial charge in [-0.25, -0.2) is 4.68 Å². The molecule has 0 aliphatic carbocycles. The molecule has 0 saturated carbocycles. The Morgan fingerprint density at radius 3 is 2.81 bits per heavy atom. The number of hydrogen-bond donors (Lipinski definition) is 0. The summed E-state index contributed by atoms with van der Waals surface area (Å²) in [6.07, 6.45) is 3.27. The molecule has 21 heavy (non-hydrogen) atoms. The molecule has 5 nitrogen and oxygen atoms in total. The molecule has 0 amide bonds. The molecule has 0 radical (unpaired) electrons. The third kappa shape index (κ3) is 2.83. The van der Waals surface area contributed by atoms with Gasteiger partial charge in [-0.2, -0.15) is 5.10 Å². The van der Waals surface area contributed by atoms with Gasteiger partial charge in [-0.15, -0.1) is 0 Å². The number of rotatable bonds is 3. The number of nitrogens with zero attached hydrogens (tertiary/aromatic N) is 3. The Morgan fingerprint density at radius 1 is 1.33 bits per heavy atom. The van der Waals surface area contributed by atoms with E-state index < -0.39 is 0 Å². The van der Waals surface area contributed by atoms with Gasteiger partial charge in [-0.3, -0.25) is 4.79 Å². The molecule has 3 rings (SSSR count). The second-order valence-electron chi connectivity index (χ2n) is 5.44. The van der Waals surface area contributed by atoms with Crippen LogP contribution >= 0.6 is 0 Å². The SMILES string of the molecule is COC(=O)Cc1ccc(-n2ncc3c2CCN(C)C3)cc1. The van der Waals surface area contributed by atoms with Crippen molar-refractivity contribution < 1.29 is 9.53 Å². The first-order valence-electron chi connectivity index (χ1n) is 7.08. The van der Waals surface area contributed by atoms with Crippen molar-refractivity contribution in [2.75, 3.05) is 20.7 Å². The molecule has 5 heteroatoms. The van der Waals surface area contributed by atoms with Crippen LogP contribution < -0.4 is 0 Å². The van der Waals surface area contributed by atoms with Crippen LogP contribution in [0, 0.1) is 0 Å². The molecule has 0 saturated heterocycles. The zero-order chi connectivity index (χ0) is 14.8. The lowest BCUT2D eigenvalue weighted by atomic mass is 10.1. The Labute approximate surface area is 124 Å². The first-order valence-corrected chi connectivity index (χ1v) is 7.08. The van der Waals surface area contributed by atoms with E-state index in [1.54, 1.807) is 0 Å². The summed E-state index contributed by atoms with van der Waals surface area (Å²) in [5.41, 5.74) is 4.57. The van der Waals surface area contributed by atoms with E-state index in [9.17, 15) is 4.79 Å². The predicted molar refractivity (Wildman–Crippen MR) is 79.3 cm³/mol. The minimum absolute atomic E-state index is 0.220. The maximum Gasteiger partial charge on any atom is 0.309 e. The topological polar surface area (TPSA) is 47.4 Å². The summed E-state index contributed by atoms with van der Waals surface area (Å²) in [5, 5.41) is 4.51. The van der Waals surface area contributed by atoms with Crippen molar-refractivity contribution in [1.29, 1.82) is 0 Å². The highest BCUT2D eigenvalue weighted by molar-refractivity contribution is 5.72. The third-order valence-electron chi connectivity index (χ3n) is 3.88. The van der Waals surface area contributed by atoms with Crippen molar-refractivity contribution in [3.63, 3.8) is 0 Å². The van der Waals surface area contributed by atoms with Crippen LogP contribution in [0.3, 0.4) is 0 Å². The van der Waals surface area contributed by atoms with E-state index in [0.717, 1.165) is 30.8 Å². The highest BCUT2D eigenvalue weighted by atomic mass is 16.5. The first kappa shape index (κ1) is 13.8. The van der Waals surface area contributed by atoms with E-state index in [0.29, 0.717) is 6.42 Å². The third-order valence-corrected chi connectivity index (χ3v) is 3.88. The van der Waals surface area contributed by atoms with Crippen molar-refractivity contribution in [1.82, 2.24) is 14.7 Å². The van der Waals surface area contributed by atoms with Gasteiger partial charge < -0.3 is 9.64 Å². The monoisotopic (exact) mass is 285 g/mol. The Bertz CT molecular complexity index is 646. The number of hydrogen-bond acceptors (Lipinski definition) is 4. The standard InChI is InChI=1S/C16H19N3O2/c1-18-8-7-15-13(11-18)10-17-19(15)14-5-3-12(4-6-14)9-16(20)21-2/h3-6,10H,7-9,11H2,1-2H3. The molecule has 1 aromatic heterocycles. The van der Waals surface area contributed by atoms with E-state index >= 15 is 0 Å². The van der Waals surface area contributed by atoms with Crippen molar-refractivity contribution in [3.8, 4) is 5.69 Å². The molecule has 1 aliphatic heterocycles. The number of carbonyl (C=O) groups excluding carboxylic acids is 1. The summed E-state index contributed by atoms with van der Waals surface area (Å²) >= 11 is 0. The lowest BCUT2D eigenvalue weighted by Gasteiger charge is -2.23. The number of likely N-dealkylation sites (N-methyl/N-ethyl adjacent to an activating group) is 1. The van der Waals surface area contributed by atoms with Gasteiger partial charge in [0, 0.05) is 30.8 Å². The van der Waals surface area contributed by atoms with Gasteiger partial charge in [0.05, 0.1) is 25.4 Å². The number of esters is 1. The van der Waals surface area contributed by atoms with Crippen LogP contribution in [0.2, 0.25) is 0 Å². The summed E-state index contributed by atoms with van der Waals surface area (Å²) in [6.45, 7) is 2.01. The fourth-order valence-electron chi connectivity index (χ4n) is 2.69. The van der Waals surface area contributed by atoms with Gasteiger partial charge in [-0.05, 0) is 24.7 Å². The summed E-state index contributed by atoms with van der Waals surface area (Å²) in [6, 6.07) is 7.91. The van der Waals surface area contributed by atoms with Crippen molar-refractivity contribution in [3.05, 3.63) is 47.3 Å². The minimum atomic E-state index is -0.220. The molecule has 0 fully saturated rings. The zero-order valence-electron chi connectivity index (χ0n) is 12.4. The molecule has 0 atom stereocenters. The second-order valence-corrected chi connectivity index (χ2v) is 5.44. The molecular weight excluding hydrogens is 266 g/mol. The average molecular weight is 285 g/mol. The maximum atomic E-state index is 11.3. The van der Waals surface area contributed by atoms with Gasteiger partial charge in [0.15, 0.2) is 0 Å². The van der Waals surface area contributed by atoms with Gasteiger partial charge in [-0.1, -0.05) is 12.1 Å². The lowest BCUT2D eigenvalue weighted by molar-refractivity contribution is -0.139. The Hall–Kier alpha value is -2.14. The molecule has 1 aromatic carbocycles. The first-order chi connectivity index (χ1) is 10.2. The van der Waals surface area contributed by atoms with Crippen molar-refractivity contribution in [2.24, 2.45) is 0 Å². The molecule has 2 heterocycles.